The number of hydrogen-bond donors (Lipinski definition) is 1. The van der Waals surface area contributed by atoms with Gasteiger partial charge in [-0.05, 0) is 18.9 Å². The first-order chi connectivity index (χ1) is 9.78. The highest BCUT2D eigenvalue weighted by atomic mass is 79.9. The molecule has 1 fully saturated rings. The van der Waals surface area contributed by atoms with Crippen LogP contribution >= 0.6 is 15.9 Å². The van der Waals surface area contributed by atoms with Crippen molar-refractivity contribution in [2.75, 3.05) is 13.2 Å². The van der Waals surface area contributed by atoms with Crippen molar-refractivity contribution in [3.05, 3.63) is 40.8 Å². The second kappa shape index (κ2) is 6.08. The minimum atomic E-state index is 0.175. The summed E-state index contributed by atoms with van der Waals surface area (Å²) in [4.78, 5) is 6.59. The van der Waals surface area contributed by atoms with Crippen LogP contribution < -0.4 is 0 Å². The molecule has 106 valence electrons. The highest BCUT2D eigenvalue weighted by Crippen LogP contribution is 2.30. The number of aliphatic hydroxyl groups is 1. The molecular formula is C15H17BrN2O2. The van der Waals surface area contributed by atoms with Crippen molar-refractivity contribution in [3.63, 3.8) is 0 Å². The predicted molar refractivity (Wildman–Crippen MR) is 80.2 cm³/mol. The van der Waals surface area contributed by atoms with E-state index in [4.69, 9.17) is 9.52 Å². The summed E-state index contributed by atoms with van der Waals surface area (Å²) in [5.41, 5.74) is 1.01. The summed E-state index contributed by atoms with van der Waals surface area (Å²) in [6, 6.07) is 8.52. The molecule has 0 saturated heterocycles. The normalized spacial score (nSPS) is 14.9. The zero-order valence-corrected chi connectivity index (χ0v) is 12.7. The topological polar surface area (TPSA) is 49.5 Å². The van der Waals surface area contributed by atoms with Gasteiger partial charge in [0.1, 0.15) is 0 Å². The van der Waals surface area contributed by atoms with E-state index in [1.807, 2.05) is 24.3 Å². The molecule has 0 aliphatic heterocycles. The van der Waals surface area contributed by atoms with Crippen molar-refractivity contribution in [1.82, 2.24) is 9.88 Å². The maximum Gasteiger partial charge on any atom is 0.209 e. The summed E-state index contributed by atoms with van der Waals surface area (Å²) >= 11 is 3.52. The van der Waals surface area contributed by atoms with Gasteiger partial charge >= 0.3 is 0 Å². The standard InChI is InChI=1S/C15H17BrN2O2/c16-13-4-2-1-3-12(13)14-9-17-15(20-14)10-18(7-8-19)11-5-6-11/h1-4,9,11,19H,5-8,10H2. The van der Waals surface area contributed by atoms with Gasteiger partial charge in [-0.3, -0.25) is 4.90 Å². The predicted octanol–water partition coefficient (Wildman–Crippen LogP) is 3.06. The number of aliphatic hydroxyl groups excluding tert-OH is 1. The molecule has 0 amide bonds. The molecule has 0 spiro atoms. The van der Waals surface area contributed by atoms with E-state index < -0.39 is 0 Å². The first kappa shape index (κ1) is 13.8. The summed E-state index contributed by atoms with van der Waals surface area (Å²) < 4.78 is 6.84. The molecule has 0 radical (unpaired) electrons. The second-order valence-corrected chi connectivity index (χ2v) is 5.88. The largest absolute Gasteiger partial charge is 0.439 e. The van der Waals surface area contributed by atoms with Crippen LogP contribution in [0.3, 0.4) is 0 Å². The fraction of sp³-hybridized carbons (Fsp3) is 0.400. The van der Waals surface area contributed by atoms with Crippen LogP contribution in [-0.2, 0) is 6.54 Å². The van der Waals surface area contributed by atoms with E-state index in [-0.39, 0.29) is 6.61 Å². The molecule has 1 aliphatic carbocycles. The third-order valence-corrected chi connectivity index (χ3v) is 4.17. The number of oxazole rings is 1. The number of aromatic nitrogens is 1. The van der Waals surface area contributed by atoms with E-state index in [0.29, 0.717) is 25.0 Å². The van der Waals surface area contributed by atoms with Gasteiger partial charge in [0.25, 0.3) is 0 Å². The van der Waals surface area contributed by atoms with Crippen LogP contribution in [0.15, 0.2) is 39.4 Å². The Balaban J connectivity index is 1.75. The van der Waals surface area contributed by atoms with Crippen molar-refractivity contribution in [2.24, 2.45) is 0 Å². The molecule has 0 bridgehead atoms. The number of rotatable bonds is 6. The Morgan fingerprint density at radius 2 is 2.15 bits per heavy atom. The van der Waals surface area contributed by atoms with Crippen LogP contribution in [-0.4, -0.2) is 34.2 Å². The van der Waals surface area contributed by atoms with Gasteiger partial charge in [0.05, 0.1) is 19.3 Å². The van der Waals surface area contributed by atoms with Gasteiger partial charge in [0, 0.05) is 22.6 Å². The Kier molecular flexibility index (Phi) is 4.19. The zero-order chi connectivity index (χ0) is 13.9. The Hall–Kier alpha value is -1.17. The Bertz CT molecular complexity index is 581. The molecule has 1 saturated carbocycles. The lowest BCUT2D eigenvalue weighted by molar-refractivity contribution is 0.172. The lowest BCUT2D eigenvalue weighted by Crippen LogP contribution is -2.28. The zero-order valence-electron chi connectivity index (χ0n) is 11.1. The SMILES string of the molecule is OCCN(Cc1ncc(-c2ccccc2Br)o1)C1CC1. The number of benzene rings is 1. The van der Waals surface area contributed by atoms with Crippen LogP contribution in [0.2, 0.25) is 0 Å². The van der Waals surface area contributed by atoms with Crippen molar-refractivity contribution < 1.29 is 9.52 Å². The Labute approximate surface area is 126 Å². The first-order valence-corrected chi connectivity index (χ1v) is 7.61. The third-order valence-electron chi connectivity index (χ3n) is 3.48. The molecule has 1 N–H and O–H groups in total. The van der Waals surface area contributed by atoms with Crippen molar-refractivity contribution in [1.29, 1.82) is 0 Å². The first-order valence-electron chi connectivity index (χ1n) is 6.82. The lowest BCUT2D eigenvalue weighted by atomic mass is 10.2. The molecule has 1 heterocycles. The summed E-state index contributed by atoms with van der Waals surface area (Å²) in [6.07, 6.45) is 4.18. The van der Waals surface area contributed by atoms with E-state index >= 15 is 0 Å². The molecule has 5 heteroatoms. The quantitative estimate of drug-likeness (QED) is 0.880. The van der Waals surface area contributed by atoms with Crippen LogP contribution in [0.25, 0.3) is 11.3 Å². The van der Waals surface area contributed by atoms with Gasteiger partial charge in [-0.2, -0.15) is 0 Å². The molecule has 0 unspecified atom stereocenters. The molecule has 20 heavy (non-hydrogen) atoms. The lowest BCUT2D eigenvalue weighted by Gasteiger charge is -2.18. The Morgan fingerprint density at radius 3 is 2.85 bits per heavy atom. The van der Waals surface area contributed by atoms with E-state index in [2.05, 4.69) is 25.8 Å². The van der Waals surface area contributed by atoms with E-state index in [0.717, 1.165) is 15.8 Å². The second-order valence-electron chi connectivity index (χ2n) is 5.02. The van der Waals surface area contributed by atoms with Gasteiger partial charge in [-0.1, -0.05) is 34.1 Å². The molecule has 2 aromatic rings. The van der Waals surface area contributed by atoms with Gasteiger partial charge in [-0.15, -0.1) is 0 Å². The number of halogens is 1. The van der Waals surface area contributed by atoms with Gasteiger partial charge < -0.3 is 9.52 Å². The van der Waals surface area contributed by atoms with Crippen LogP contribution in [0.4, 0.5) is 0 Å². The fourth-order valence-corrected chi connectivity index (χ4v) is 2.78. The minimum Gasteiger partial charge on any atom is -0.439 e. The minimum absolute atomic E-state index is 0.175. The van der Waals surface area contributed by atoms with Crippen molar-refractivity contribution >= 4 is 15.9 Å². The van der Waals surface area contributed by atoms with Crippen LogP contribution in [0.1, 0.15) is 18.7 Å². The highest BCUT2D eigenvalue weighted by molar-refractivity contribution is 9.10. The van der Waals surface area contributed by atoms with Crippen LogP contribution in [0.5, 0.6) is 0 Å². The van der Waals surface area contributed by atoms with E-state index in [1.165, 1.54) is 12.8 Å². The average molecular weight is 337 g/mol. The third kappa shape index (κ3) is 3.11. The molecule has 1 aromatic heterocycles. The molecule has 1 aliphatic rings. The number of hydrogen-bond acceptors (Lipinski definition) is 4. The molecule has 1 aromatic carbocycles. The molecule has 3 rings (SSSR count). The number of nitrogens with zero attached hydrogens (tertiary/aromatic N) is 2. The molecular weight excluding hydrogens is 320 g/mol. The fourth-order valence-electron chi connectivity index (χ4n) is 2.30. The van der Waals surface area contributed by atoms with E-state index in [1.54, 1.807) is 6.20 Å². The monoisotopic (exact) mass is 336 g/mol. The van der Waals surface area contributed by atoms with E-state index in [9.17, 15) is 0 Å². The Morgan fingerprint density at radius 1 is 1.35 bits per heavy atom. The van der Waals surface area contributed by atoms with Gasteiger partial charge in [0.15, 0.2) is 5.76 Å². The smallest absolute Gasteiger partial charge is 0.209 e. The summed E-state index contributed by atoms with van der Waals surface area (Å²) in [5.74, 6) is 1.48. The summed E-state index contributed by atoms with van der Waals surface area (Å²) in [5, 5.41) is 9.11. The molecule has 4 nitrogen and oxygen atoms in total. The maximum absolute atomic E-state index is 9.11. The van der Waals surface area contributed by atoms with Gasteiger partial charge in [0.2, 0.25) is 5.89 Å². The summed E-state index contributed by atoms with van der Waals surface area (Å²) in [7, 11) is 0. The summed E-state index contributed by atoms with van der Waals surface area (Å²) in [6.45, 7) is 1.52. The van der Waals surface area contributed by atoms with Crippen molar-refractivity contribution in [2.45, 2.75) is 25.4 Å². The molecule has 0 atom stereocenters. The van der Waals surface area contributed by atoms with Crippen LogP contribution in [0, 0.1) is 0 Å². The highest BCUT2D eigenvalue weighted by Gasteiger charge is 2.29. The van der Waals surface area contributed by atoms with Crippen molar-refractivity contribution in [3.8, 4) is 11.3 Å². The van der Waals surface area contributed by atoms with Gasteiger partial charge in [-0.25, -0.2) is 4.98 Å². The maximum atomic E-state index is 9.11. The average Bonchev–Trinajstić information content (AvgIpc) is 3.20.